The maximum absolute atomic E-state index is 5.28. The number of nitrogens with one attached hydrogen (secondary N) is 2. The van der Waals surface area contributed by atoms with Gasteiger partial charge in [-0.05, 0) is 49.4 Å². The lowest BCUT2D eigenvalue weighted by atomic mass is 10.1. The van der Waals surface area contributed by atoms with Crippen LogP contribution in [0, 0.1) is 0 Å². The van der Waals surface area contributed by atoms with Crippen LogP contribution in [0.4, 0.5) is 0 Å². The molecule has 1 aliphatic rings. The molecule has 1 saturated heterocycles. The quantitative estimate of drug-likeness (QED) is 0.496. The molecule has 0 amide bonds. The molecule has 5 rings (SSSR count). The van der Waals surface area contributed by atoms with Gasteiger partial charge in [-0.3, -0.25) is 0 Å². The number of nitrogens with zero attached hydrogens (tertiary/aromatic N) is 1. The van der Waals surface area contributed by atoms with Gasteiger partial charge in [0, 0.05) is 39.5 Å². The van der Waals surface area contributed by atoms with Gasteiger partial charge in [0.05, 0.1) is 7.11 Å². The summed E-state index contributed by atoms with van der Waals surface area (Å²) in [5.41, 5.74) is 5.56. The van der Waals surface area contributed by atoms with Crippen molar-refractivity contribution in [3.8, 4) is 5.75 Å². The minimum absolute atomic E-state index is 0.937. The van der Waals surface area contributed by atoms with E-state index in [1.54, 1.807) is 16.9 Å². The van der Waals surface area contributed by atoms with Crippen molar-refractivity contribution in [3.05, 3.63) is 77.9 Å². The Morgan fingerprint density at radius 3 is 2.03 bits per heavy atom. The minimum atomic E-state index is 0.937. The fraction of sp³-hybridized carbons (Fsp3) is 0.333. The zero-order chi connectivity index (χ0) is 21.2. The number of aryl methyl sites for hydroxylation is 1. The normalized spacial score (nSPS) is 19.2. The average Bonchev–Trinajstić information content (AvgIpc) is 3.14. The summed E-state index contributed by atoms with van der Waals surface area (Å²) in [6.07, 6.45) is 0. The van der Waals surface area contributed by atoms with Crippen molar-refractivity contribution in [3.63, 3.8) is 0 Å². The van der Waals surface area contributed by atoms with Crippen LogP contribution in [0.3, 0.4) is 0 Å². The van der Waals surface area contributed by atoms with E-state index in [2.05, 4.69) is 78.2 Å². The molecule has 2 N–H and O–H groups in total. The van der Waals surface area contributed by atoms with Gasteiger partial charge < -0.3 is 19.1 Å². The van der Waals surface area contributed by atoms with E-state index in [-0.39, 0.29) is 0 Å². The minimum Gasteiger partial charge on any atom is -0.497 e. The first kappa shape index (κ1) is 20.1. The highest BCUT2D eigenvalue weighted by Crippen LogP contribution is 2.29. The Hall–Kier alpha value is -2.82. The molecule has 160 valence electrons. The van der Waals surface area contributed by atoms with E-state index < -0.39 is 0 Å². The summed E-state index contributed by atoms with van der Waals surface area (Å²) in [4.78, 5) is 3.40. The van der Waals surface area contributed by atoms with Gasteiger partial charge in [0.2, 0.25) is 0 Å². The van der Waals surface area contributed by atoms with E-state index in [1.165, 1.54) is 59.1 Å². The molecule has 1 fully saturated rings. The fourth-order valence-corrected chi connectivity index (χ4v) is 5.18. The van der Waals surface area contributed by atoms with Crippen LogP contribution >= 0.6 is 0 Å². The number of hydrogen-bond donors (Lipinski definition) is 2. The van der Waals surface area contributed by atoms with E-state index in [9.17, 15) is 0 Å². The molecule has 0 saturated carbocycles. The summed E-state index contributed by atoms with van der Waals surface area (Å²) in [6, 6.07) is 24.5. The van der Waals surface area contributed by atoms with Crippen molar-refractivity contribution in [1.82, 2.24) is 4.57 Å². The van der Waals surface area contributed by atoms with Crippen molar-refractivity contribution < 1.29 is 14.5 Å². The lowest BCUT2D eigenvalue weighted by molar-refractivity contribution is -1.02. The molecule has 4 heteroatoms. The second-order valence-electron chi connectivity index (χ2n) is 8.81. The van der Waals surface area contributed by atoms with Crippen LogP contribution in [0.2, 0.25) is 0 Å². The summed E-state index contributed by atoms with van der Waals surface area (Å²) in [5, 5.41) is 2.78. The lowest BCUT2D eigenvalue weighted by Gasteiger charge is -2.29. The number of para-hydroxylation sites is 1. The van der Waals surface area contributed by atoms with Crippen molar-refractivity contribution in [2.24, 2.45) is 0 Å². The van der Waals surface area contributed by atoms with Gasteiger partial charge in [-0.2, -0.15) is 0 Å². The molecular formula is C27H33N3O+2. The largest absolute Gasteiger partial charge is 0.497 e. The van der Waals surface area contributed by atoms with Crippen LogP contribution in [0.25, 0.3) is 21.8 Å². The molecule has 3 aromatic carbocycles. The van der Waals surface area contributed by atoms with Crippen LogP contribution in [-0.2, 0) is 19.6 Å². The molecule has 0 unspecified atom stereocenters. The van der Waals surface area contributed by atoms with Crippen LogP contribution < -0.4 is 14.5 Å². The van der Waals surface area contributed by atoms with E-state index in [0.29, 0.717) is 0 Å². The molecule has 0 bridgehead atoms. The van der Waals surface area contributed by atoms with Crippen LogP contribution in [0.5, 0.6) is 5.75 Å². The third-order valence-corrected chi connectivity index (χ3v) is 6.88. The molecule has 0 spiro atoms. The summed E-state index contributed by atoms with van der Waals surface area (Å²) in [5.74, 6) is 0.937. The SMILES string of the molecule is CCn1c2ccccc2c2cc(C[NH+]3CC[NH+](Cc4ccc(OC)cc4)CC3)ccc21. The molecule has 1 aliphatic heterocycles. The lowest BCUT2D eigenvalue weighted by Crippen LogP contribution is -3.27. The van der Waals surface area contributed by atoms with Crippen LogP contribution in [0.1, 0.15) is 18.1 Å². The van der Waals surface area contributed by atoms with Gasteiger partial charge in [0.1, 0.15) is 45.0 Å². The summed E-state index contributed by atoms with van der Waals surface area (Å²) in [7, 11) is 1.72. The smallest absolute Gasteiger partial charge is 0.127 e. The first-order valence-corrected chi connectivity index (χ1v) is 11.5. The van der Waals surface area contributed by atoms with Crippen LogP contribution in [0.15, 0.2) is 66.7 Å². The van der Waals surface area contributed by atoms with Crippen molar-refractivity contribution in [1.29, 1.82) is 0 Å². The first-order valence-electron chi connectivity index (χ1n) is 11.5. The Kier molecular flexibility index (Phi) is 5.66. The summed E-state index contributed by atoms with van der Waals surface area (Å²) in [6.45, 7) is 10.4. The highest BCUT2D eigenvalue weighted by molar-refractivity contribution is 6.08. The number of hydrogen-bond acceptors (Lipinski definition) is 1. The predicted molar refractivity (Wildman–Crippen MR) is 127 cm³/mol. The molecular weight excluding hydrogens is 382 g/mol. The maximum Gasteiger partial charge on any atom is 0.127 e. The number of quaternary nitrogens is 2. The number of fused-ring (bicyclic) bond motifs is 3. The molecule has 1 aromatic heterocycles. The molecule has 4 aromatic rings. The molecule has 31 heavy (non-hydrogen) atoms. The second-order valence-corrected chi connectivity index (χ2v) is 8.81. The highest BCUT2D eigenvalue weighted by Gasteiger charge is 2.23. The summed E-state index contributed by atoms with van der Waals surface area (Å²) >= 11 is 0. The zero-order valence-corrected chi connectivity index (χ0v) is 18.7. The summed E-state index contributed by atoms with van der Waals surface area (Å²) < 4.78 is 7.71. The molecule has 4 nitrogen and oxygen atoms in total. The van der Waals surface area contributed by atoms with Gasteiger partial charge in [-0.25, -0.2) is 0 Å². The third-order valence-electron chi connectivity index (χ3n) is 6.88. The Balaban J connectivity index is 1.25. The zero-order valence-electron chi connectivity index (χ0n) is 18.7. The van der Waals surface area contributed by atoms with E-state index in [1.807, 2.05) is 0 Å². The predicted octanol–water partition coefficient (Wildman–Crippen LogP) is 2.31. The van der Waals surface area contributed by atoms with Gasteiger partial charge in [-0.15, -0.1) is 0 Å². The Morgan fingerprint density at radius 1 is 0.742 bits per heavy atom. The van der Waals surface area contributed by atoms with Crippen molar-refractivity contribution >= 4 is 21.8 Å². The Morgan fingerprint density at radius 2 is 1.35 bits per heavy atom. The molecule has 0 aliphatic carbocycles. The number of piperazine rings is 1. The molecule has 0 atom stereocenters. The fourth-order valence-electron chi connectivity index (χ4n) is 5.18. The monoisotopic (exact) mass is 415 g/mol. The van der Waals surface area contributed by atoms with Gasteiger partial charge >= 0.3 is 0 Å². The van der Waals surface area contributed by atoms with Gasteiger partial charge in [0.25, 0.3) is 0 Å². The van der Waals surface area contributed by atoms with E-state index in [4.69, 9.17) is 4.74 Å². The first-order chi connectivity index (χ1) is 15.2. The van der Waals surface area contributed by atoms with Crippen LogP contribution in [-0.4, -0.2) is 37.9 Å². The molecule has 0 radical (unpaired) electrons. The van der Waals surface area contributed by atoms with Gasteiger partial charge in [-0.1, -0.05) is 24.3 Å². The van der Waals surface area contributed by atoms with Crippen molar-refractivity contribution in [2.75, 3.05) is 33.3 Å². The average molecular weight is 416 g/mol. The van der Waals surface area contributed by atoms with E-state index >= 15 is 0 Å². The topological polar surface area (TPSA) is 23.0 Å². The number of ether oxygens (including phenoxy) is 1. The van der Waals surface area contributed by atoms with E-state index in [0.717, 1.165) is 25.4 Å². The highest BCUT2D eigenvalue weighted by atomic mass is 16.5. The number of aromatic nitrogens is 1. The molecule has 2 heterocycles. The van der Waals surface area contributed by atoms with Gasteiger partial charge in [0.15, 0.2) is 0 Å². The number of rotatable bonds is 6. The van der Waals surface area contributed by atoms with Crippen molar-refractivity contribution in [2.45, 2.75) is 26.6 Å². The second kappa shape index (κ2) is 8.74. The Bertz CT molecular complexity index is 1170. The third kappa shape index (κ3) is 4.06. The number of methoxy groups -OCH3 is 1. The number of benzene rings is 3. The maximum atomic E-state index is 5.28. The standard InChI is InChI=1S/C27H31N3O/c1-3-30-26-7-5-4-6-24(26)25-18-22(10-13-27(25)30)20-29-16-14-28(15-17-29)19-21-8-11-23(31-2)12-9-21/h4-13,18H,3,14-17,19-20H2,1-2H3/p+2. The Labute approximate surface area is 184 Å².